The summed E-state index contributed by atoms with van der Waals surface area (Å²) >= 11 is 0. The number of fused-ring (bicyclic) bond motifs is 1. The molecule has 12 heavy (non-hydrogen) atoms. The standard InChI is InChI=1S/C11H21N/c1-8(2)11-5-10(11)6-12(7-11)9(3)4/h8-10H,5-7H2,1-4H3. The van der Waals surface area contributed by atoms with Crippen LogP contribution >= 0.6 is 0 Å². The molecule has 2 rings (SSSR count). The van der Waals surface area contributed by atoms with Crippen molar-refractivity contribution in [2.24, 2.45) is 17.3 Å². The summed E-state index contributed by atoms with van der Waals surface area (Å²) in [6.45, 7) is 12.2. The van der Waals surface area contributed by atoms with Gasteiger partial charge in [0.15, 0.2) is 0 Å². The van der Waals surface area contributed by atoms with Gasteiger partial charge in [0.25, 0.3) is 0 Å². The van der Waals surface area contributed by atoms with Crippen molar-refractivity contribution in [2.45, 2.75) is 40.2 Å². The Morgan fingerprint density at radius 1 is 1.25 bits per heavy atom. The molecule has 70 valence electrons. The summed E-state index contributed by atoms with van der Waals surface area (Å²) in [4.78, 5) is 2.65. The van der Waals surface area contributed by atoms with E-state index in [4.69, 9.17) is 0 Å². The minimum atomic E-state index is 0.740. The fourth-order valence-electron chi connectivity index (χ4n) is 2.85. The Labute approximate surface area is 76.1 Å². The smallest absolute Gasteiger partial charge is 0.00465 e. The van der Waals surface area contributed by atoms with E-state index in [1.165, 1.54) is 19.5 Å². The van der Waals surface area contributed by atoms with Crippen molar-refractivity contribution >= 4 is 0 Å². The first kappa shape index (κ1) is 8.55. The molecule has 1 nitrogen and oxygen atoms in total. The highest BCUT2D eigenvalue weighted by atomic mass is 15.2. The van der Waals surface area contributed by atoms with Crippen molar-refractivity contribution < 1.29 is 0 Å². The van der Waals surface area contributed by atoms with Gasteiger partial charge in [-0.15, -0.1) is 0 Å². The second kappa shape index (κ2) is 2.47. The number of hydrogen-bond acceptors (Lipinski definition) is 1. The maximum atomic E-state index is 2.65. The van der Waals surface area contributed by atoms with Crippen LogP contribution in [0.1, 0.15) is 34.1 Å². The molecule has 0 radical (unpaired) electrons. The maximum absolute atomic E-state index is 2.65. The summed E-state index contributed by atoms with van der Waals surface area (Å²) in [6, 6.07) is 0.758. The average Bonchev–Trinajstić information content (AvgIpc) is 2.55. The molecule has 1 heterocycles. The summed E-state index contributed by atoms with van der Waals surface area (Å²) < 4.78 is 0. The van der Waals surface area contributed by atoms with E-state index in [0.29, 0.717) is 0 Å². The lowest BCUT2D eigenvalue weighted by Gasteiger charge is -2.26. The fourth-order valence-corrected chi connectivity index (χ4v) is 2.85. The van der Waals surface area contributed by atoms with Crippen LogP contribution in [-0.4, -0.2) is 24.0 Å². The van der Waals surface area contributed by atoms with Gasteiger partial charge in [0.1, 0.15) is 0 Å². The molecule has 2 aliphatic rings. The molecule has 1 aliphatic heterocycles. The minimum absolute atomic E-state index is 0.740. The molecular weight excluding hydrogens is 146 g/mol. The molecule has 0 aromatic carbocycles. The molecule has 1 aliphatic carbocycles. The fraction of sp³-hybridized carbons (Fsp3) is 1.00. The van der Waals surface area contributed by atoms with E-state index in [9.17, 15) is 0 Å². The van der Waals surface area contributed by atoms with Crippen LogP contribution in [0.5, 0.6) is 0 Å². The van der Waals surface area contributed by atoms with Gasteiger partial charge in [0.05, 0.1) is 0 Å². The van der Waals surface area contributed by atoms with E-state index in [2.05, 4.69) is 32.6 Å². The first-order chi connectivity index (χ1) is 5.56. The van der Waals surface area contributed by atoms with Gasteiger partial charge in [-0.05, 0) is 37.5 Å². The highest BCUT2D eigenvalue weighted by Gasteiger charge is 2.61. The van der Waals surface area contributed by atoms with Gasteiger partial charge in [-0.1, -0.05) is 13.8 Å². The van der Waals surface area contributed by atoms with Crippen molar-refractivity contribution in [3.63, 3.8) is 0 Å². The Bertz CT molecular complexity index is 185. The minimum Gasteiger partial charge on any atom is -0.300 e. The number of piperidine rings is 1. The monoisotopic (exact) mass is 167 g/mol. The van der Waals surface area contributed by atoms with Gasteiger partial charge < -0.3 is 4.90 Å². The molecule has 2 unspecified atom stereocenters. The lowest BCUT2D eigenvalue weighted by molar-refractivity contribution is 0.210. The van der Waals surface area contributed by atoms with Gasteiger partial charge in [0, 0.05) is 19.1 Å². The third-order valence-corrected chi connectivity index (χ3v) is 4.11. The third kappa shape index (κ3) is 1.02. The highest BCUT2D eigenvalue weighted by Crippen LogP contribution is 2.62. The van der Waals surface area contributed by atoms with Crippen LogP contribution < -0.4 is 0 Å². The largest absolute Gasteiger partial charge is 0.300 e. The van der Waals surface area contributed by atoms with Gasteiger partial charge in [-0.25, -0.2) is 0 Å². The maximum Gasteiger partial charge on any atom is 0.00465 e. The second-order valence-electron chi connectivity index (χ2n) is 5.31. The zero-order valence-electron chi connectivity index (χ0n) is 8.80. The van der Waals surface area contributed by atoms with E-state index >= 15 is 0 Å². The zero-order chi connectivity index (χ0) is 8.93. The van der Waals surface area contributed by atoms with E-state index < -0.39 is 0 Å². The van der Waals surface area contributed by atoms with Crippen molar-refractivity contribution in [3.8, 4) is 0 Å². The van der Waals surface area contributed by atoms with Gasteiger partial charge in [0.2, 0.25) is 0 Å². The molecule has 0 aromatic heterocycles. The third-order valence-electron chi connectivity index (χ3n) is 4.11. The molecule has 2 fully saturated rings. The van der Waals surface area contributed by atoms with Crippen LogP contribution in [0.25, 0.3) is 0 Å². The van der Waals surface area contributed by atoms with E-state index in [0.717, 1.165) is 23.3 Å². The number of hydrogen-bond donors (Lipinski definition) is 0. The van der Waals surface area contributed by atoms with E-state index in [1.54, 1.807) is 0 Å². The Morgan fingerprint density at radius 2 is 1.92 bits per heavy atom. The Balaban J connectivity index is 2.01. The molecule has 0 bridgehead atoms. The van der Waals surface area contributed by atoms with Gasteiger partial charge in [-0.3, -0.25) is 0 Å². The number of likely N-dealkylation sites (tertiary alicyclic amines) is 1. The normalized spacial score (nSPS) is 41.0. The lowest BCUT2D eigenvalue weighted by Crippen LogP contribution is -2.32. The van der Waals surface area contributed by atoms with Crippen molar-refractivity contribution in [2.75, 3.05) is 13.1 Å². The predicted molar refractivity (Wildman–Crippen MR) is 52.1 cm³/mol. The molecule has 1 saturated carbocycles. The molecule has 1 heteroatoms. The van der Waals surface area contributed by atoms with Crippen molar-refractivity contribution in [1.29, 1.82) is 0 Å². The number of nitrogens with zero attached hydrogens (tertiary/aromatic N) is 1. The van der Waals surface area contributed by atoms with Gasteiger partial charge in [-0.2, -0.15) is 0 Å². The molecule has 1 saturated heterocycles. The lowest BCUT2D eigenvalue weighted by atomic mass is 9.91. The first-order valence-corrected chi connectivity index (χ1v) is 5.30. The topological polar surface area (TPSA) is 3.24 Å². The SMILES string of the molecule is CC(C)N1CC2CC2(C(C)C)C1. The molecule has 0 amide bonds. The molecule has 0 N–H and O–H groups in total. The Morgan fingerprint density at radius 3 is 2.25 bits per heavy atom. The molecule has 2 atom stereocenters. The van der Waals surface area contributed by atoms with Crippen LogP contribution in [0.3, 0.4) is 0 Å². The predicted octanol–water partition coefficient (Wildman–Crippen LogP) is 2.37. The van der Waals surface area contributed by atoms with Crippen LogP contribution in [-0.2, 0) is 0 Å². The second-order valence-corrected chi connectivity index (χ2v) is 5.31. The zero-order valence-corrected chi connectivity index (χ0v) is 8.80. The average molecular weight is 167 g/mol. The Hall–Kier alpha value is -0.0400. The van der Waals surface area contributed by atoms with Crippen LogP contribution in [0, 0.1) is 17.3 Å². The molecule has 0 aromatic rings. The van der Waals surface area contributed by atoms with Crippen LogP contribution in [0.4, 0.5) is 0 Å². The molecule has 0 spiro atoms. The van der Waals surface area contributed by atoms with Crippen LogP contribution in [0.15, 0.2) is 0 Å². The summed E-state index contributed by atoms with van der Waals surface area (Å²) in [7, 11) is 0. The first-order valence-electron chi connectivity index (χ1n) is 5.30. The van der Waals surface area contributed by atoms with Crippen molar-refractivity contribution in [1.82, 2.24) is 4.90 Å². The Kier molecular flexibility index (Phi) is 1.76. The van der Waals surface area contributed by atoms with Crippen LogP contribution in [0.2, 0.25) is 0 Å². The number of rotatable bonds is 2. The highest BCUT2D eigenvalue weighted by molar-refractivity contribution is 5.11. The summed E-state index contributed by atoms with van der Waals surface area (Å²) in [5.74, 6) is 1.94. The van der Waals surface area contributed by atoms with Gasteiger partial charge >= 0.3 is 0 Å². The summed E-state index contributed by atoms with van der Waals surface area (Å²) in [6.07, 6.45) is 1.51. The molecular formula is C11H21N. The van der Waals surface area contributed by atoms with E-state index in [1.807, 2.05) is 0 Å². The van der Waals surface area contributed by atoms with E-state index in [-0.39, 0.29) is 0 Å². The summed E-state index contributed by atoms with van der Waals surface area (Å²) in [5, 5.41) is 0. The summed E-state index contributed by atoms with van der Waals surface area (Å²) in [5.41, 5.74) is 0.740. The van der Waals surface area contributed by atoms with Crippen molar-refractivity contribution in [3.05, 3.63) is 0 Å². The quantitative estimate of drug-likeness (QED) is 0.610.